The number of anilines is 1. The molecule has 0 spiro atoms. The van der Waals surface area contributed by atoms with Crippen LogP contribution < -0.4 is 5.73 Å². The lowest BCUT2D eigenvalue weighted by molar-refractivity contribution is 0.596. The third kappa shape index (κ3) is 3.71. The maximum atomic E-state index is 12.8. The van der Waals surface area contributed by atoms with Crippen molar-refractivity contribution >= 4 is 27.3 Å². The van der Waals surface area contributed by atoms with Gasteiger partial charge in [-0.3, -0.25) is 0 Å². The van der Waals surface area contributed by atoms with E-state index in [1.54, 1.807) is 18.3 Å². The molecule has 4 nitrogen and oxygen atoms in total. The van der Waals surface area contributed by atoms with Crippen LogP contribution >= 0.6 is 11.8 Å². The molecular weight excluding hydrogens is 299 g/mol. The van der Waals surface area contributed by atoms with Gasteiger partial charge in [0.2, 0.25) is 0 Å². The summed E-state index contributed by atoms with van der Waals surface area (Å²) in [7, 11) is -3.42. The summed E-state index contributed by atoms with van der Waals surface area (Å²) in [5.74, 6) is -0.181. The highest BCUT2D eigenvalue weighted by Crippen LogP contribution is 2.22. The monoisotopic (exact) mass is 312 g/mol. The fourth-order valence-electron chi connectivity index (χ4n) is 1.53. The molecule has 1 aromatic heterocycles. The van der Waals surface area contributed by atoms with Crippen molar-refractivity contribution in [3.63, 3.8) is 0 Å². The topological polar surface area (TPSA) is 73.0 Å². The first-order valence-corrected chi connectivity index (χ1v) is 8.44. The Bertz CT molecular complexity index is 688. The molecule has 0 atom stereocenters. The molecule has 0 aliphatic rings. The van der Waals surface area contributed by atoms with Crippen LogP contribution in [0.1, 0.15) is 0 Å². The molecule has 0 bridgehead atoms. The number of rotatable bonds is 5. The van der Waals surface area contributed by atoms with E-state index in [9.17, 15) is 12.8 Å². The van der Waals surface area contributed by atoms with Crippen molar-refractivity contribution in [2.24, 2.45) is 0 Å². The predicted octanol–water partition coefficient (Wildman–Crippen LogP) is 2.37. The van der Waals surface area contributed by atoms with Crippen molar-refractivity contribution in [2.45, 2.75) is 9.92 Å². The fourth-order valence-corrected chi connectivity index (χ4v) is 4.09. The molecule has 0 aliphatic heterocycles. The number of pyridine rings is 1. The van der Waals surface area contributed by atoms with Crippen LogP contribution in [-0.4, -0.2) is 24.9 Å². The largest absolute Gasteiger partial charge is 0.397 e. The highest BCUT2D eigenvalue weighted by Gasteiger charge is 2.14. The summed E-state index contributed by atoms with van der Waals surface area (Å²) in [5.41, 5.74) is 6.25. The van der Waals surface area contributed by atoms with Gasteiger partial charge in [0.15, 0.2) is 9.84 Å². The average molecular weight is 312 g/mol. The molecule has 0 fully saturated rings. The maximum absolute atomic E-state index is 12.8. The summed E-state index contributed by atoms with van der Waals surface area (Å²) < 4.78 is 36.8. The number of sulfone groups is 1. The number of nitrogens with zero attached hydrogens (tertiary/aromatic N) is 1. The zero-order valence-electron chi connectivity index (χ0n) is 10.5. The Labute approximate surface area is 121 Å². The summed E-state index contributed by atoms with van der Waals surface area (Å²) in [6.45, 7) is 0. The predicted molar refractivity (Wildman–Crippen MR) is 77.8 cm³/mol. The molecule has 2 aromatic rings. The van der Waals surface area contributed by atoms with E-state index in [0.29, 0.717) is 16.5 Å². The van der Waals surface area contributed by atoms with Crippen LogP contribution in [0.4, 0.5) is 10.1 Å². The molecule has 7 heteroatoms. The first-order valence-electron chi connectivity index (χ1n) is 5.81. The zero-order chi connectivity index (χ0) is 14.6. The van der Waals surface area contributed by atoms with Crippen molar-refractivity contribution in [3.05, 3.63) is 48.4 Å². The van der Waals surface area contributed by atoms with E-state index in [4.69, 9.17) is 5.73 Å². The Hall–Kier alpha value is -1.60. The normalized spacial score (nSPS) is 11.4. The molecule has 0 unspecified atom stereocenters. The number of hydrogen-bond acceptors (Lipinski definition) is 5. The van der Waals surface area contributed by atoms with Crippen LogP contribution in [0.3, 0.4) is 0 Å². The number of nitrogen functional groups attached to an aromatic ring is 1. The minimum Gasteiger partial charge on any atom is -0.397 e. The Morgan fingerprint density at radius 3 is 2.55 bits per heavy atom. The molecule has 0 radical (unpaired) electrons. The van der Waals surface area contributed by atoms with E-state index in [2.05, 4.69) is 4.98 Å². The van der Waals surface area contributed by atoms with Crippen molar-refractivity contribution in [3.8, 4) is 0 Å². The molecule has 0 saturated heterocycles. The molecule has 20 heavy (non-hydrogen) atoms. The van der Waals surface area contributed by atoms with Crippen molar-refractivity contribution < 1.29 is 12.8 Å². The van der Waals surface area contributed by atoms with Crippen LogP contribution in [0, 0.1) is 5.82 Å². The summed E-state index contributed by atoms with van der Waals surface area (Å²) in [6, 6.07) is 8.24. The van der Waals surface area contributed by atoms with Crippen molar-refractivity contribution in [1.82, 2.24) is 4.98 Å². The van der Waals surface area contributed by atoms with Crippen LogP contribution in [0.25, 0.3) is 0 Å². The van der Waals surface area contributed by atoms with Gasteiger partial charge in [0.05, 0.1) is 16.3 Å². The number of halogens is 1. The van der Waals surface area contributed by atoms with Gasteiger partial charge in [-0.05, 0) is 36.4 Å². The Balaban J connectivity index is 2.00. The quantitative estimate of drug-likeness (QED) is 0.678. The van der Waals surface area contributed by atoms with Crippen molar-refractivity contribution in [1.29, 1.82) is 0 Å². The van der Waals surface area contributed by atoms with E-state index in [1.807, 2.05) is 0 Å². The third-order valence-corrected chi connectivity index (χ3v) is 5.58. The van der Waals surface area contributed by atoms with E-state index in [-0.39, 0.29) is 10.6 Å². The Morgan fingerprint density at radius 2 is 1.90 bits per heavy atom. The van der Waals surface area contributed by atoms with Gasteiger partial charge in [0.1, 0.15) is 10.8 Å². The van der Waals surface area contributed by atoms with Gasteiger partial charge >= 0.3 is 0 Å². The first kappa shape index (κ1) is 14.8. The van der Waals surface area contributed by atoms with E-state index in [1.165, 1.54) is 23.9 Å². The highest BCUT2D eigenvalue weighted by molar-refractivity contribution is 8.00. The van der Waals surface area contributed by atoms with Crippen LogP contribution in [0.2, 0.25) is 0 Å². The fraction of sp³-hybridized carbons (Fsp3) is 0.154. The lowest BCUT2D eigenvalue weighted by Gasteiger charge is -2.05. The lowest BCUT2D eigenvalue weighted by atomic mass is 10.4. The molecule has 0 amide bonds. The summed E-state index contributed by atoms with van der Waals surface area (Å²) >= 11 is 1.28. The summed E-state index contributed by atoms with van der Waals surface area (Å²) in [5, 5.41) is 0.613. The van der Waals surface area contributed by atoms with Gasteiger partial charge < -0.3 is 5.73 Å². The highest BCUT2D eigenvalue weighted by atomic mass is 32.2. The van der Waals surface area contributed by atoms with Gasteiger partial charge in [-0.2, -0.15) is 0 Å². The average Bonchev–Trinajstić information content (AvgIpc) is 2.41. The molecular formula is C13H13FN2O2S2. The second kappa shape index (κ2) is 6.23. The number of aromatic nitrogens is 1. The lowest BCUT2D eigenvalue weighted by Crippen LogP contribution is -2.09. The molecule has 0 aliphatic carbocycles. The third-order valence-electron chi connectivity index (χ3n) is 2.56. The van der Waals surface area contributed by atoms with Crippen LogP contribution in [0.15, 0.2) is 52.5 Å². The van der Waals surface area contributed by atoms with Gasteiger partial charge in [-0.25, -0.2) is 17.8 Å². The number of thioether (sulfide) groups is 1. The van der Waals surface area contributed by atoms with Crippen LogP contribution in [-0.2, 0) is 9.84 Å². The van der Waals surface area contributed by atoms with Gasteiger partial charge in [0, 0.05) is 11.9 Å². The van der Waals surface area contributed by atoms with Crippen molar-refractivity contribution in [2.75, 3.05) is 17.2 Å². The molecule has 106 valence electrons. The van der Waals surface area contributed by atoms with Gasteiger partial charge in [-0.15, -0.1) is 11.8 Å². The number of hydrogen-bond donors (Lipinski definition) is 1. The minimum atomic E-state index is -3.42. The minimum absolute atomic E-state index is 0.0562. The number of benzene rings is 1. The SMILES string of the molecule is Nc1cccnc1SCCS(=O)(=O)c1ccc(F)cc1. The first-order chi connectivity index (χ1) is 9.49. The molecule has 1 heterocycles. The molecule has 1 aromatic carbocycles. The second-order valence-corrected chi connectivity index (χ2v) is 7.21. The summed E-state index contributed by atoms with van der Waals surface area (Å²) in [6.07, 6.45) is 1.60. The smallest absolute Gasteiger partial charge is 0.179 e. The van der Waals surface area contributed by atoms with Gasteiger partial charge in [0.25, 0.3) is 0 Å². The molecule has 0 saturated carbocycles. The second-order valence-electron chi connectivity index (χ2n) is 4.02. The Morgan fingerprint density at radius 1 is 1.20 bits per heavy atom. The van der Waals surface area contributed by atoms with E-state index in [0.717, 1.165) is 12.1 Å². The maximum Gasteiger partial charge on any atom is 0.179 e. The zero-order valence-corrected chi connectivity index (χ0v) is 12.1. The van der Waals surface area contributed by atoms with Crippen LogP contribution in [0.5, 0.6) is 0 Å². The standard InChI is InChI=1S/C13H13FN2O2S2/c14-10-3-5-11(6-4-10)20(17,18)9-8-19-13-12(15)2-1-7-16-13/h1-7H,8-9,15H2. The van der Waals surface area contributed by atoms with E-state index >= 15 is 0 Å². The Kier molecular flexibility index (Phi) is 4.61. The molecule has 2 N–H and O–H groups in total. The van der Waals surface area contributed by atoms with Gasteiger partial charge in [-0.1, -0.05) is 0 Å². The summed E-state index contributed by atoms with van der Waals surface area (Å²) in [4.78, 5) is 4.19. The number of nitrogens with two attached hydrogens (primary N) is 1. The van der Waals surface area contributed by atoms with E-state index < -0.39 is 15.7 Å². The molecule has 2 rings (SSSR count).